The summed E-state index contributed by atoms with van der Waals surface area (Å²) in [6, 6.07) is 0. The Bertz CT molecular complexity index is 365. The Kier molecular flexibility index (Phi) is 3.53. The maximum absolute atomic E-state index is 5.60. The Morgan fingerprint density at radius 2 is 2.53 bits per heavy atom. The first kappa shape index (κ1) is 10.8. The van der Waals surface area contributed by atoms with E-state index in [0.717, 1.165) is 43.0 Å². The molecule has 0 aromatic carbocycles. The van der Waals surface area contributed by atoms with Crippen LogP contribution in [0.1, 0.15) is 32.0 Å². The molecule has 1 fully saturated rings. The van der Waals surface area contributed by atoms with Crippen molar-refractivity contribution < 1.29 is 4.74 Å². The van der Waals surface area contributed by atoms with Crippen LogP contribution >= 0.6 is 12.2 Å². The van der Waals surface area contributed by atoms with Crippen molar-refractivity contribution in [2.24, 2.45) is 0 Å². The first-order valence-electron chi connectivity index (χ1n) is 5.57. The molecule has 0 amide bonds. The van der Waals surface area contributed by atoms with E-state index in [1.807, 2.05) is 0 Å². The first-order valence-corrected chi connectivity index (χ1v) is 5.97. The van der Waals surface area contributed by atoms with Gasteiger partial charge < -0.3 is 9.30 Å². The Morgan fingerprint density at radius 3 is 3.20 bits per heavy atom. The van der Waals surface area contributed by atoms with Gasteiger partial charge in [0.05, 0.1) is 6.10 Å². The maximum atomic E-state index is 5.60. The number of aromatic amines is 1. The van der Waals surface area contributed by atoms with Crippen LogP contribution in [0.3, 0.4) is 0 Å². The van der Waals surface area contributed by atoms with E-state index in [2.05, 4.69) is 21.7 Å². The van der Waals surface area contributed by atoms with Gasteiger partial charge >= 0.3 is 0 Å². The van der Waals surface area contributed by atoms with E-state index in [9.17, 15) is 0 Å². The fourth-order valence-corrected chi connectivity index (χ4v) is 2.21. The third kappa shape index (κ3) is 2.46. The molecule has 1 unspecified atom stereocenters. The molecule has 1 aromatic rings. The molecule has 1 atom stereocenters. The van der Waals surface area contributed by atoms with Crippen molar-refractivity contribution >= 4 is 12.2 Å². The van der Waals surface area contributed by atoms with Gasteiger partial charge in [-0.2, -0.15) is 5.10 Å². The number of hydrogen-bond donors (Lipinski definition) is 1. The molecule has 0 aliphatic carbocycles. The summed E-state index contributed by atoms with van der Waals surface area (Å²) < 4.78 is 8.41. The van der Waals surface area contributed by atoms with E-state index < -0.39 is 0 Å². The molecule has 4 nitrogen and oxygen atoms in total. The number of nitrogens with zero attached hydrogens (tertiary/aromatic N) is 2. The van der Waals surface area contributed by atoms with Gasteiger partial charge in [-0.25, -0.2) is 0 Å². The molecular formula is C10H17N3OS. The molecule has 2 rings (SSSR count). The number of rotatable bonds is 4. The zero-order valence-electron chi connectivity index (χ0n) is 9.03. The lowest BCUT2D eigenvalue weighted by atomic mass is 10.2. The number of H-pyrrole nitrogens is 1. The minimum atomic E-state index is 0.339. The molecule has 0 radical (unpaired) electrons. The second kappa shape index (κ2) is 4.90. The van der Waals surface area contributed by atoms with Gasteiger partial charge in [-0.1, -0.05) is 6.92 Å². The van der Waals surface area contributed by atoms with E-state index in [-0.39, 0.29) is 0 Å². The second-order valence-corrected chi connectivity index (χ2v) is 4.32. The van der Waals surface area contributed by atoms with E-state index in [1.165, 1.54) is 6.42 Å². The molecule has 84 valence electrons. The van der Waals surface area contributed by atoms with Gasteiger partial charge in [-0.3, -0.25) is 5.10 Å². The number of nitrogens with one attached hydrogen (secondary N) is 1. The standard InChI is InChI=1S/C10H17N3OS/c1-2-5-13-9(11-12-10(13)15)7-8-4-3-6-14-8/h8H,2-7H2,1H3,(H,12,15). The molecule has 2 heterocycles. The van der Waals surface area contributed by atoms with Crippen LogP contribution in [0.25, 0.3) is 0 Å². The van der Waals surface area contributed by atoms with Gasteiger partial charge in [-0.05, 0) is 31.5 Å². The van der Waals surface area contributed by atoms with Gasteiger partial charge in [0.1, 0.15) is 5.82 Å². The average Bonchev–Trinajstić information content (AvgIpc) is 2.83. The Balaban J connectivity index is 2.09. The van der Waals surface area contributed by atoms with Gasteiger partial charge in [-0.15, -0.1) is 0 Å². The van der Waals surface area contributed by atoms with Crippen molar-refractivity contribution in [3.05, 3.63) is 10.6 Å². The smallest absolute Gasteiger partial charge is 0.195 e. The minimum absolute atomic E-state index is 0.339. The monoisotopic (exact) mass is 227 g/mol. The van der Waals surface area contributed by atoms with E-state index >= 15 is 0 Å². The molecule has 1 saturated heterocycles. The second-order valence-electron chi connectivity index (χ2n) is 3.94. The van der Waals surface area contributed by atoms with Crippen molar-refractivity contribution in [1.82, 2.24) is 14.8 Å². The van der Waals surface area contributed by atoms with Crippen molar-refractivity contribution in [2.45, 2.75) is 45.3 Å². The normalized spacial score (nSPS) is 21.0. The summed E-state index contributed by atoms with van der Waals surface area (Å²) in [5, 5.41) is 7.12. The summed E-state index contributed by atoms with van der Waals surface area (Å²) in [5.41, 5.74) is 0. The summed E-state index contributed by atoms with van der Waals surface area (Å²) >= 11 is 5.18. The average molecular weight is 227 g/mol. The van der Waals surface area contributed by atoms with E-state index in [1.54, 1.807) is 0 Å². The third-order valence-electron chi connectivity index (χ3n) is 2.72. The minimum Gasteiger partial charge on any atom is -0.378 e. The van der Waals surface area contributed by atoms with E-state index in [0.29, 0.717) is 6.10 Å². The van der Waals surface area contributed by atoms with Gasteiger partial charge in [0.25, 0.3) is 0 Å². The van der Waals surface area contributed by atoms with Crippen LogP contribution in [-0.4, -0.2) is 27.5 Å². The van der Waals surface area contributed by atoms with Gasteiger partial charge in [0, 0.05) is 19.6 Å². The first-order chi connectivity index (χ1) is 7.31. The zero-order chi connectivity index (χ0) is 10.7. The molecule has 1 aliphatic rings. The number of ether oxygens (including phenoxy) is 1. The SMILES string of the molecule is CCCn1c(CC2CCCO2)n[nH]c1=S. The maximum Gasteiger partial charge on any atom is 0.195 e. The zero-order valence-corrected chi connectivity index (χ0v) is 9.85. The molecule has 1 aliphatic heterocycles. The van der Waals surface area contributed by atoms with E-state index in [4.69, 9.17) is 17.0 Å². The molecule has 15 heavy (non-hydrogen) atoms. The topological polar surface area (TPSA) is 42.8 Å². The molecular weight excluding hydrogens is 210 g/mol. The predicted octanol–water partition coefficient (Wildman–Crippen LogP) is 2.07. The Morgan fingerprint density at radius 1 is 1.67 bits per heavy atom. The van der Waals surface area contributed by atoms with Crippen LogP contribution in [0.4, 0.5) is 0 Å². The fraction of sp³-hybridized carbons (Fsp3) is 0.800. The highest BCUT2D eigenvalue weighted by Gasteiger charge is 2.18. The van der Waals surface area contributed by atoms with Crippen LogP contribution in [0, 0.1) is 4.77 Å². The van der Waals surface area contributed by atoms with Crippen molar-refractivity contribution in [3.8, 4) is 0 Å². The van der Waals surface area contributed by atoms with Crippen LogP contribution in [-0.2, 0) is 17.7 Å². The van der Waals surface area contributed by atoms with Gasteiger partial charge in [0.15, 0.2) is 4.77 Å². The number of hydrogen-bond acceptors (Lipinski definition) is 3. The van der Waals surface area contributed by atoms with Crippen LogP contribution in [0.15, 0.2) is 0 Å². The van der Waals surface area contributed by atoms with Crippen molar-refractivity contribution in [2.75, 3.05) is 6.61 Å². The largest absolute Gasteiger partial charge is 0.378 e. The summed E-state index contributed by atoms with van der Waals surface area (Å²) in [5.74, 6) is 1.04. The van der Waals surface area contributed by atoms with Crippen LogP contribution in [0.2, 0.25) is 0 Å². The molecule has 0 spiro atoms. The summed E-state index contributed by atoms with van der Waals surface area (Å²) in [6.07, 6.45) is 4.61. The summed E-state index contributed by atoms with van der Waals surface area (Å²) in [7, 11) is 0. The van der Waals surface area contributed by atoms with Gasteiger partial charge in [0.2, 0.25) is 0 Å². The summed E-state index contributed by atoms with van der Waals surface area (Å²) in [6.45, 7) is 3.98. The lowest BCUT2D eigenvalue weighted by Crippen LogP contribution is -2.14. The molecule has 5 heteroatoms. The lowest BCUT2D eigenvalue weighted by Gasteiger charge is -2.09. The fourth-order valence-electron chi connectivity index (χ4n) is 1.97. The van der Waals surface area contributed by atoms with Crippen LogP contribution in [0.5, 0.6) is 0 Å². The predicted molar refractivity (Wildman–Crippen MR) is 60.4 cm³/mol. The molecule has 0 saturated carbocycles. The quantitative estimate of drug-likeness (QED) is 0.801. The Labute approximate surface area is 94.6 Å². The lowest BCUT2D eigenvalue weighted by molar-refractivity contribution is 0.109. The number of aromatic nitrogens is 3. The molecule has 0 bridgehead atoms. The summed E-state index contributed by atoms with van der Waals surface area (Å²) in [4.78, 5) is 0. The Hall–Kier alpha value is -0.680. The molecule has 1 N–H and O–H groups in total. The van der Waals surface area contributed by atoms with Crippen molar-refractivity contribution in [3.63, 3.8) is 0 Å². The highest BCUT2D eigenvalue weighted by atomic mass is 32.1. The van der Waals surface area contributed by atoms with Crippen molar-refractivity contribution in [1.29, 1.82) is 0 Å². The van der Waals surface area contributed by atoms with Crippen LogP contribution < -0.4 is 0 Å². The highest BCUT2D eigenvalue weighted by Crippen LogP contribution is 2.16. The molecule has 1 aromatic heterocycles. The highest BCUT2D eigenvalue weighted by molar-refractivity contribution is 7.71. The third-order valence-corrected chi connectivity index (χ3v) is 3.03.